The van der Waals surface area contributed by atoms with Gasteiger partial charge in [-0.15, -0.1) is 10.2 Å². The first-order valence-electron chi connectivity index (χ1n) is 10.7. The summed E-state index contributed by atoms with van der Waals surface area (Å²) in [7, 11) is 0. The largest absolute Gasteiger partial charge is 0.457 e. The molecule has 0 atom stereocenters. The smallest absolute Gasteiger partial charge is 0.234 e. The molecule has 0 fully saturated rings. The van der Waals surface area contributed by atoms with E-state index in [-0.39, 0.29) is 11.7 Å². The molecular formula is C25H20ClN5O2S. The average Bonchev–Trinajstić information content (AvgIpc) is 3.18. The Labute approximate surface area is 205 Å². The molecule has 0 aliphatic heterocycles. The van der Waals surface area contributed by atoms with Gasteiger partial charge < -0.3 is 14.6 Å². The molecule has 2 heterocycles. The summed E-state index contributed by atoms with van der Waals surface area (Å²) < 4.78 is 7.88. The zero-order valence-corrected chi connectivity index (χ0v) is 19.8. The minimum absolute atomic E-state index is 0.156. The SMILES string of the molecule is CCn1c2ccccc2c2nnc(SCC(=O)Nc3ccc(Oc4ccc(Cl)cc4)cc3)nc21. The number of halogens is 1. The molecule has 0 bridgehead atoms. The van der Waals surface area contributed by atoms with Crippen LogP contribution >= 0.6 is 23.4 Å². The Hall–Kier alpha value is -3.62. The summed E-state index contributed by atoms with van der Waals surface area (Å²) in [6.07, 6.45) is 0. The van der Waals surface area contributed by atoms with Crippen LogP contribution in [0.1, 0.15) is 6.92 Å². The van der Waals surface area contributed by atoms with Gasteiger partial charge in [-0.1, -0.05) is 41.6 Å². The highest BCUT2D eigenvalue weighted by atomic mass is 35.5. The van der Waals surface area contributed by atoms with E-state index < -0.39 is 0 Å². The summed E-state index contributed by atoms with van der Waals surface area (Å²) >= 11 is 7.15. The quantitative estimate of drug-likeness (QED) is 0.275. The Morgan fingerprint density at radius 2 is 1.71 bits per heavy atom. The van der Waals surface area contributed by atoms with E-state index in [0.717, 1.165) is 28.6 Å². The molecule has 0 saturated heterocycles. The monoisotopic (exact) mass is 489 g/mol. The van der Waals surface area contributed by atoms with Crippen LogP contribution in [0.2, 0.25) is 5.02 Å². The van der Waals surface area contributed by atoms with Crippen molar-refractivity contribution in [2.45, 2.75) is 18.6 Å². The van der Waals surface area contributed by atoms with Crippen molar-refractivity contribution in [1.29, 1.82) is 0 Å². The highest BCUT2D eigenvalue weighted by Crippen LogP contribution is 2.27. The predicted octanol–water partition coefficient (Wildman–Crippen LogP) is 6.18. The second-order valence-electron chi connectivity index (χ2n) is 7.45. The average molecular weight is 490 g/mol. The Balaban J connectivity index is 1.22. The van der Waals surface area contributed by atoms with Crippen molar-refractivity contribution in [2.75, 3.05) is 11.1 Å². The van der Waals surface area contributed by atoms with Gasteiger partial charge in [0.05, 0.1) is 11.3 Å². The van der Waals surface area contributed by atoms with Gasteiger partial charge in [-0.3, -0.25) is 4.79 Å². The highest BCUT2D eigenvalue weighted by Gasteiger charge is 2.14. The number of hydrogen-bond donors (Lipinski definition) is 1. The number of carbonyl (C=O) groups excluding carboxylic acids is 1. The van der Waals surface area contributed by atoms with Crippen LogP contribution in [-0.2, 0) is 11.3 Å². The molecular weight excluding hydrogens is 470 g/mol. The Morgan fingerprint density at radius 1 is 1.00 bits per heavy atom. The molecule has 0 radical (unpaired) electrons. The van der Waals surface area contributed by atoms with E-state index in [0.29, 0.717) is 27.4 Å². The summed E-state index contributed by atoms with van der Waals surface area (Å²) in [5, 5.41) is 13.6. The van der Waals surface area contributed by atoms with E-state index in [1.165, 1.54) is 11.8 Å². The molecule has 2 aromatic heterocycles. The van der Waals surface area contributed by atoms with Crippen LogP contribution in [0.15, 0.2) is 78.0 Å². The Morgan fingerprint density at radius 3 is 2.44 bits per heavy atom. The summed E-state index contributed by atoms with van der Waals surface area (Å²) in [4.78, 5) is 17.1. The molecule has 9 heteroatoms. The lowest BCUT2D eigenvalue weighted by molar-refractivity contribution is -0.113. The van der Waals surface area contributed by atoms with Gasteiger partial charge in [0.25, 0.3) is 0 Å². The number of rotatable bonds is 7. The summed E-state index contributed by atoms with van der Waals surface area (Å²) in [5.41, 5.74) is 3.30. The topological polar surface area (TPSA) is 81.9 Å². The number of ether oxygens (including phenoxy) is 1. The third-order valence-corrected chi connectivity index (χ3v) is 6.28. The number of anilines is 1. The van der Waals surface area contributed by atoms with Crippen molar-refractivity contribution in [1.82, 2.24) is 19.7 Å². The molecule has 0 spiro atoms. The number of nitrogens with zero attached hydrogens (tertiary/aromatic N) is 4. The van der Waals surface area contributed by atoms with Gasteiger partial charge in [-0.05, 0) is 61.5 Å². The highest BCUT2D eigenvalue weighted by molar-refractivity contribution is 7.99. The molecule has 0 aliphatic carbocycles. The second-order valence-corrected chi connectivity index (χ2v) is 8.82. The number of nitrogens with one attached hydrogen (secondary N) is 1. The van der Waals surface area contributed by atoms with E-state index in [2.05, 4.69) is 32.0 Å². The molecule has 5 aromatic rings. The molecule has 3 aromatic carbocycles. The number of carbonyl (C=O) groups is 1. The molecule has 0 unspecified atom stereocenters. The maximum absolute atomic E-state index is 12.5. The van der Waals surface area contributed by atoms with Crippen molar-refractivity contribution in [3.05, 3.63) is 77.8 Å². The van der Waals surface area contributed by atoms with Crippen molar-refractivity contribution in [3.8, 4) is 11.5 Å². The number of aryl methyl sites for hydroxylation is 1. The zero-order valence-electron chi connectivity index (χ0n) is 18.2. The second kappa shape index (κ2) is 9.70. The van der Waals surface area contributed by atoms with Gasteiger partial charge in [0.15, 0.2) is 5.65 Å². The Kier molecular flexibility index (Phi) is 6.33. The molecule has 0 aliphatic rings. The van der Waals surface area contributed by atoms with Gasteiger partial charge in [0.2, 0.25) is 11.1 Å². The van der Waals surface area contributed by atoms with Crippen LogP contribution in [-0.4, -0.2) is 31.4 Å². The van der Waals surface area contributed by atoms with Gasteiger partial charge in [0.1, 0.15) is 17.0 Å². The van der Waals surface area contributed by atoms with Crippen LogP contribution in [0.5, 0.6) is 11.5 Å². The normalized spacial score (nSPS) is 11.1. The fourth-order valence-electron chi connectivity index (χ4n) is 3.64. The van der Waals surface area contributed by atoms with Gasteiger partial charge in [-0.2, -0.15) is 0 Å². The fraction of sp³-hybridized carbons (Fsp3) is 0.120. The fourth-order valence-corrected chi connectivity index (χ4v) is 4.35. The van der Waals surface area contributed by atoms with Crippen molar-refractivity contribution in [2.24, 2.45) is 0 Å². The predicted molar refractivity (Wildman–Crippen MR) is 136 cm³/mol. The van der Waals surface area contributed by atoms with E-state index in [9.17, 15) is 4.79 Å². The van der Waals surface area contributed by atoms with E-state index >= 15 is 0 Å². The molecule has 7 nitrogen and oxygen atoms in total. The number of para-hydroxylation sites is 1. The summed E-state index contributed by atoms with van der Waals surface area (Å²) in [5.74, 6) is 1.36. The van der Waals surface area contributed by atoms with E-state index in [4.69, 9.17) is 16.3 Å². The van der Waals surface area contributed by atoms with Crippen LogP contribution < -0.4 is 10.1 Å². The lowest BCUT2D eigenvalue weighted by Crippen LogP contribution is -2.14. The molecule has 0 saturated carbocycles. The molecule has 1 N–H and O–H groups in total. The van der Waals surface area contributed by atoms with Crippen LogP contribution in [0.3, 0.4) is 0 Å². The summed E-state index contributed by atoms with van der Waals surface area (Å²) in [6, 6.07) is 22.3. The number of fused-ring (bicyclic) bond motifs is 3. The van der Waals surface area contributed by atoms with Crippen LogP contribution in [0, 0.1) is 0 Å². The first-order valence-corrected chi connectivity index (χ1v) is 12.0. The first kappa shape index (κ1) is 22.2. The van der Waals surface area contributed by atoms with Crippen molar-refractivity contribution in [3.63, 3.8) is 0 Å². The van der Waals surface area contributed by atoms with Crippen LogP contribution in [0.4, 0.5) is 5.69 Å². The van der Waals surface area contributed by atoms with E-state index in [1.54, 1.807) is 48.5 Å². The maximum Gasteiger partial charge on any atom is 0.234 e. The lowest BCUT2D eigenvalue weighted by atomic mass is 10.2. The standard InChI is InChI=1S/C25H20ClN5O2S/c1-2-31-21-6-4-3-5-20(21)23-24(31)28-25(30-29-23)34-15-22(32)27-17-9-13-19(14-10-17)33-18-11-7-16(26)8-12-18/h3-14H,2,15H2,1H3,(H,27,32). The molecule has 34 heavy (non-hydrogen) atoms. The third-order valence-electron chi connectivity index (χ3n) is 5.19. The minimum atomic E-state index is -0.156. The minimum Gasteiger partial charge on any atom is -0.457 e. The summed E-state index contributed by atoms with van der Waals surface area (Å²) in [6.45, 7) is 2.84. The van der Waals surface area contributed by atoms with Crippen molar-refractivity contribution >= 4 is 57.0 Å². The number of hydrogen-bond acceptors (Lipinski definition) is 6. The third kappa shape index (κ3) is 4.69. The molecule has 5 rings (SSSR count). The van der Waals surface area contributed by atoms with Gasteiger partial charge >= 0.3 is 0 Å². The van der Waals surface area contributed by atoms with Gasteiger partial charge in [0, 0.05) is 22.6 Å². The number of aromatic nitrogens is 4. The lowest BCUT2D eigenvalue weighted by Gasteiger charge is -2.08. The van der Waals surface area contributed by atoms with Crippen LogP contribution in [0.25, 0.3) is 22.1 Å². The molecule has 1 amide bonds. The van der Waals surface area contributed by atoms with E-state index in [1.807, 2.05) is 24.3 Å². The van der Waals surface area contributed by atoms with Gasteiger partial charge in [-0.25, -0.2) is 4.98 Å². The number of amides is 1. The first-order chi connectivity index (χ1) is 16.6. The molecule has 170 valence electrons. The number of benzene rings is 3. The number of thioether (sulfide) groups is 1. The zero-order chi connectivity index (χ0) is 23.5. The Bertz CT molecular complexity index is 1470. The van der Waals surface area contributed by atoms with Crippen molar-refractivity contribution < 1.29 is 9.53 Å². The maximum atomic E-state index is 12.5.